The van der Waals surface area contributed by atoms with Gasteiger partial charge in [0, 0.05) is 38.1 Å². The number of rotatable bonds is 4. The minimum atomic E-state index is 0.240. The molecule has 3 aliphatic rings. The molecule has 5 atom stereocenters. The van der Waals surface area contributed by atoms with Crippen LogP contribution in [0.4, 0.5) is 0 Å². The van der Waals surface area contributed by atoms with E-state index in [1.165, 1.54) is 25.7 Å². The van der Waals surface area contributed by atoms with E-state index in [0.717, 1.165) is 37.9 Å². The van der Waals surface area contributed by atoms with Gasteiger partial charge in [-0.3, -0.25) is 9.69 Å². The Hall–Kier alpha value is -0.610. The van der Waals surface area contributed by atoms with Crippen LogP contribution in [0.5, 0.6) is 0 Å². The molecule has 5 unspecified atom stereocenters. The van der Waals surface area contributed by atoms with Crippen LogP contribution in [0.3, 0.4) is 0 Å². The van der Waals surface area contributed by atoms with Crippen LogP contribution in [0.15, 0.2) is 0 Å². The number of amides is 1. The molecule has 2 aliphatic carbocycles. The topological polar surface area (TPSA) is 35.6 Å². The SMILES string of the molecule is CC(NC(=O)CC1CC2CCC1C2)C1CN(C)CCN1C. The number of carbonyl (C=O) groups excluding carboxylic acids is 1. The van der Waals surface area contributed by atoms with Crippen LogP contribution in [0, 0.1) is 17.8 Å². The monoisotopic (exact) mass is 293 g/mol. The molecule has 0 spiro atoms. The summed E-state index contributed by atoms with van der Waals surface area (Å²) in [5.74, 6) is 2.73. The van der Waals surface area contributed by atoms with Gasteiger partial charge in [-0.25, -0.2) is 0 Å². The van der Waals surface area contributed by atoms with Gasteiger partial charge in [-0.1, -0.05) is 6.42 Å². The molecule has 0 radical (unpaired) electrons. The molecule has 3 fully saturated rings. The molecule has 1 amide bonds. The Labute approximate surface area is 129 Å². The summed E-state index contributed by atoms with van der Waals surface area (Å²) in [6, 6.07) is 0.677. The molecule has 120 valence electrons. The highest BCUT2D eigenvalue weighted by atomic mass is 16.1. The van der Waals surface area contributed by atoms with Crippen molar-refractivity contribution in [1.82, 2.24) is 15.1 Å². The third-order valence-electron chi connectivity index (χ3n) is 6.20. The Bertz CT molecular complexity index is 386. The molecule has 21 heavy (non-hydrogen) atoms. The third-order valence-corrected chi connectivity index (χ3v) is 6.20. The van der Waals surface area contributed by atoms with Crippen LogP contribution in [0.25, 0.3) is 0 Å². The number of carbonyl (C=O) groups is 1. The van der Waals surface area contributed by atoms with E-state index in [9.17, 15) is 4.79 Å². The van der Waals surface area contributed by atoms with E-state index in [1.807, 2.05) is 0 Å². The summed E-state index contributed by atoms with van der Waals surface area (Å²) >= 11 is 0. The predicted octanol–water partition coefficient (Wildman–Crippen LogP) is 1.56. The van der Waals surface area contributed by atoms with Crippen LogP contribution in [-0.2, 0) is 4.79 Å². The van der Waals surface area contributed by atoms with Gasteiger partial charge in [-0.2, -0.15) is 0 Å². The zero-order valence-corrected chi connectivity index (χ0v) is 13.8. The van der Waals surface area contributed by atoms with Crippen LogP contribution >= 0.6 is 0 Å². The smallest absolute Gasteiger partial charge is 0.220 e. The van der Waals surface area contributed by atoms with Crippen molar-refractivity contribution < 1.29 is 4.79 Å². The molecular formula is C17H31N3O. The van der Waals surface area contributed by atoms with Gasteiger partial charge in [0.15, 0.2) is 0 Å². The molecular weight excluding hydrogens is 262 g/mol. The summed E-state index contributed by atoms with van der Waals surface area (Å²) in [5, 5.41) is 3.28. The second-order valence-electron chi connectivity index (χ2n) is 7.81. The molecule has 1 heterocycles. The molecule has 4 nitrogen and oxygen atoms in total. The van der Waals surface area contributed by atoms with E-state index in [0.29, 0.717) is 12.0 Å². The van der Waals surface area contributed by atoms with Crippen molar-refractivity contribution >= 4 is 5.91 Å². The molecule has 0 aromatic rings. The van der Waals surface area contributed by atoms with Crippen LogP contribution in [0.2, 0.25) is 0 Å². The maximum atomic E-state index is 12.4. The maximum absolute atomic E-state index is 12.4. The molecule has 2 bridgehead atoms. The Morgan fingerprint density at radius 1 is 1.24 bits per heavy atom. The van der Waals surface area contributed by atoms with Crippen molar-refractivity contribution in [2.75, 3.05) is 33.7 Å². The summed E-state index contributed by atoms with van der Waals surface area (Å²) in [7, 11) is 4.35. The van der Waals surface area contributed by atoms with Crippen LogP contribution in [-0.4, -0.2) is 61.5 Å². The fourth-order valence-corrected chi connectivity index (χ4v) is 4.86. The lowest BCUT2D eigenvalue weighted by atomic mass is 9.86. The van der Waals surface area contributed by atoms with Crippen LogP contribution in [0.1, 0.15) is 39.0 Å². The van der Waals surface area contributed by atoms with Gasteiger partial charge in [0.2, 0.25) is 5.91 Å². The van der Waals surface area contributed by atoms with Gasteiger partial charge < -0.3 is 10.2 Å². The molecule has 1 saturated heterocycles. The predicted molar refractivity (Wildman–Crippen MR) is 85.1 cm³/mol. The molecule has 1 aliphatic heterocycles. The first kappa shape index (κ1) is 15.3. The molecule has 2 saturated carbocycles. The highest BCUT2D eigenvalue weighted by molar-refractivity contribution is 5.76. The minimum Gasteiger partial charge on any atom is -0.352 e. The second-order valence-corrected chi connectivity index (χ2v) is 7.81. The van der Waals surface area contributed by atoms with E-state index in [2.05, 4.69) is 36.1 Å². The van der Waals surface area contributed by atoms with Gasteiger partial charge in [0.05, 0.1) is 0 Å². The highest BCUT2D eigenvalue weighted by Gasteiger charge is 2.40. The first-order valence-electron chi connectivity index (χ1n) is 8.71. The summed E-state index contributed by atoms with van der Waals surface area (Å²) in [6.07, 6.45) is 6.24. The zero-order valence-electron chi connectivity index (χ0n) is 13.8. The van der Waals surface area contributed by atoms with Crippen molar-refractivity contribution in [3.05, 3.63) is 0 Å². The Balaban J connectivity index is 1.47. The van der Waals surface area contributed by atoms with Gasteiger partial charge in [-0.15, -0.1) is 0 Å². The summed E-state index contributed by atoms with van der Waals surface area (Å²) in [4.78, 5) is 17.1. The molecule has 1 N–H and O–H groups in total. The third kappa shape index (κ3) is 3.42. The van der Waals surface area contributed by atoms with E-state index in [4.69, 9.17) is 0 Å². The lowest BCUT2D eigenvalue weighted by Gasteiger charge is -2.41. The van der Waals surface area contributed by atoms with E-state index < -0.39 is 0 Å². The van der Waals surface area contributed by atoms with E-state index in [-0.39, 0.29) is 11.9 Å². The maximum Gasteiger partial charge on any atom is 0.220 e. The Kier molecular flexibility index (Phi) is 4.55. The number of hydrogen-bond acceptors (Lipinski definition) is 3. The van der Waals surface area contributed by atoms with Crippen molar-refractivity contribution in [2.45, 2.75) is 51.1 Å². The normalized spacial score (nSPS) is 38.6. The number of piperazine rings is 1. The van der Waals surface area contributed by atoms with E-state index >= 15 is 0 Å². The average Bonchev–Trinajstić information content (AvgIpc) is 3.03. The molecule has 4 heteroatoms. The van der Waals surface area contributed by atoms with Gasteiger partial charge in [-0.05, 0) is 58.0 Å². The van der Waals surface area contributed by atoms with Crippen molar-refractivity contribution in [1.29, 1.82) is 0 Å². The highest BCUT2D eigenvalue weighted by Crippen LogP contribution is 2.49. The number of likely N-dealkylation sites (N-methyl/N-ethyl adjacent to an activating group) is 2. The number of nitrogens with zero attached hydrogens (tertiary/aromatic N) is 2. The molecule has 3 rings (SSSR count). The van der Waals surface area contributed by atoms with E-state index in [1.54, 1.807) is 0 Å². The standard InChI is InChI=1S/C17H31N3O/c1-12(16-11-19(2)6-7-20(16)3)18-17(21)10-15-9-13-4-5-14(15)8-13/h12-16H,4-11H2,1-3H3,(H,18,21). The largest absolute Gasteiger partial charge is 0.352 e. The summed E-state index contributed by atoms with van der Waals surface area (Å²) in [5.41, 5.74) is 0. The van der Waals surface area contributed by atoms with Crippen molar-refractivity contribution in [3.8, 4) is 0 Å². The van der Waals surface area contributed by atoms with Gasteiger partial charge in [0.25, 0.3) is 0 Å². The minimum absolute atomic E-state index is 0.240. The summed E-state index contributed by atoms with van der Waals surface area (Å²) < 4.78 is 0. The van der Waals surface area contributed by atoms with Crippen molar-refractivity contribution in [3.63, 3.8) is 0 Å². The molecule has 0 aromatic carbocycles. The molecule has 0 aromatic heterocycles. The van der Waals surface area contributed by atoms with Crippen molar-refractivity contribution in [2.24, 2.45) is 17.8 Å². The zero-order chi connectivity index (χ0) is 15.0. The first-order chi connectivity index (χ1) is 10.0. The number of nitrogens with one attached hydrogen (secondary N) is 1. The Morgan fingerprint density at radius 3 is 2.71 bits per heavy atom. The fourth-order valence-electron chi connectivity index (χ4n) is 4.86. The van der Waals surface area contributed by atoms with Crippen LogP contribution < -0.4 is 5.32 Å². The van der Waals surface area contributed by atoms with Gasteiger partial charge >= 0.3 is 0 Å². The fraction of sp³-hybridized carbons (Fsp3) is 0.941. The summed E-state index contributed by atoms with van der Waals surface area (Å²) in [6.45, 7) is 5.43. The second kappa shape index (κ2) is 6.25. The average molecular weight is 293 g/mol. The lowest BCUT2D eigenvalue weighted by molar-refractivity contribution is -0.123. The lowest BCUT2D eigenvalue weighted by Crippen LogP contribution is -2.58. The number of fused-ring (bicyclic) bond motifs is 2. The Morgan fingerprint density at radius 2 is 2.05 bits per heavy atom. The number of hydrogen-bond donors (Lipinski definition) is 1. The van der Waals surface area contributed by atoms with Gasteiger partial charge in [0.1, 0.15) is 0 Å². The first-order valence-corrected chi connectivity index (χ1v) is 8.71. The quantitative estimate of drug-likeness (QED) is 0.854.